The van der Waals surface area contributed by atoms with Crippen LogP contribution in [0.5, 0.6) is 0 Å². The predicted octanol–water partition coefficient (Wildman–Crippen LogP) is 4.80. The van der Waals surface area contributed by atoms with Gasteiger partial charge >= 0.3 is 0 Å². The van der Waals surface area contributed by atoms with Gasteiger partial charge in [-0.05, 0) is 67.8 Å². The summed E-state index contributed by atoms with van der Waals surface area (Å²) in [7, 11) is 0. The molecule has 1 aliphatic rings. The standard InChI is InChI=1S/C23H20FN3O2S/c1-14-21(16-7-9-18(24)10-8-16)27-23(30-14)26-20(28)13-4-15-2-5-17(6-3-15)22(29)25-19-11-12-19/h2-10,13,19H,11-12H2,1H3,(H,25,29)(H,26,27,28)/b13-4+. The summed E-state index contributed by atoms with van der Waals surface area (Å²) in [6.07, 6.45) is 5.20. The summed E-state index contributed by atoms with van der Waals surface area (Å²) in [6.45, 7) is 1.91. The van der Waals surface area contributed by atoms with Gasteiger partial charge in [0.05, 0.1) is 5.69 Å². The number of carbonyl (C=O) groups is 2. The molecule has 0 radical (unpaired) electrons. The molecule has 2 N–H and O–H groups in total. The molecule has 1 aliphatic carbocycles. The third-order valence-electron chi connectivity index (χ3n) is 4.66. The zero-order valence-electron chi connectivity index (χ0n) is 16.3. The molecule has 3 aromatic rings. The van der Waals surface area contributed by atoms with Gasteiger partial charge in [-0.1, -0.05) is 12.1 Å². The van der Waals surface area contributed by atoms with Crippen molar-refractivity contribution in [1.82, 2.24) is 10.3 Å². The molecule has 4 rings (SSSR count). The van der Waals surface area contributed by atoms with Gasteiger partial charge in [0.25, 0.3) is 5.91 Å². The van der Waals surface area contributed by atoms with Crippen LogP contribution in [0, 0.1) is 12.7 Å². The van der Waals surface area contributed by atoms with Gasteiger partial charge in [-0.15, -0.1) is 11.3 Å². The number of carbonyl (C=O) groups excluding carboxylic acids is 2. The van der Waals surface area contributed by atoms with Crippen LogP contribution in [0.3, 0.4) is 0 Å². The molecule has 0 saturated heterocycles. The Kier molecular flexibility index (Phi) is 5.72. The van der Waals surface area contributed by atoms with Gasteiger partial charge < -0.3 is 5.32 Å². The Labute approximate surface area is 177 Å². The van der Waals surface area contributed by atoms with E-state index < -0.39 is 0 Å². The lowest BCUT2D eigenvalue weighted by Crippen LogP contribution is -2.25. The van der Waals surface area contributed by atoms with E-state index in [0.717, 1.165) is 34.5 Å². The number of thiazole rings is 1. The van der Waals surface area contributed by atoms with Crippen molar-refractivity contribution < 1.29 is 14.0 Å². The smallest absolute Gasteiger partial charge is 0.251 e. The molecule has 0 unspecified atom stereocenters. The Hall–Kier alpha value is -3.32. The van der Waals surface area contributed by atoms with Crippen molar-refractivity contribution in [3.8, 4) is 11.3 Å². The summed E-state index contributed by atoms with van der Waals surface area (Å²) in [5.41, 5.74) is 2.94. The minimum Gasteiger partial charge on any atom is -0.349 e. The molecule has 0 atom stereocenters. The molecule has 152 valence electrons. The number of aromatic nitrogens is 1. The first-order valence-electron chi connectivity index (χ1n) is 9.61. The number of benzene rings is 2. The van der Waals surface area contributed by atoms with E-state index in [0.29, 0.717) is 16.7 Å². The maximum atomic E-state index is 13.1. The van der Waals surface area contributed by atoms with Crippen LogP contribution in [0.1, 0.15) is 33.6 Å². The van der Waals surface area contributed by atoms with E-state index in [1.165, 1.54) is 29.5 Å². The summed E-state index contributed by atoms with van der Waals surface area (Å²) in [4.78, 5) is 29.6. The predicted molar refractivity (Wildman–Crippen MR) is 117 cm³/mol. The van der Waals surface area contributed by atoms with Crippen LogP contribution in [0.2, 0.25) is 0 Å². The van der Waals surface area contributed by atoms with Crippen LogP contribution in [0.25, 0.3) is 17.3 Å². The number of nitrogens with zero attached hydrogens (tertiary/aromatic N) is 1. The summed E-state index contributed by atoms with van der Waals surface area (Å²) in [5.74, 6) is -0.672. The highest BCUT2D eigenvalue weighted by molar-refractivity contribution is 7.16. The molecule has 2 aromatic carbocycles. The highest BCUT2D eigenvalue weighted by atomic mass is 32.1. The van der Waals surface area contributed by atoms with Crippen LogP contribution in [-0.4, -0.2) is 22.8 Å². The largest absolute Gasteiger partial charge is 0.349 e. The van der Waals surface area contributed by atoms with E-state index in [-0.39, 0.29) is 17.6 Å². The van der Waals surface area contributed by atoms with Crippen LogP contribution in [0.15, 0.2) is 54.6 Å². The molecule has 0 spiro atoms. The average molecular weight is 421 g/mol. The number of rotatable bonds is 6. The fraction of sp³-hybridized carbons (Fsp3) is 0.174. The lowest BCUT2D eigenvalue weighted by molar-refractivity contribution is -0.111. The topological polar surface area (TPSA) is 71.1 Å². The van der Waals surface area contributed by atoms with Crippen LogP contribution >= 0.6 is 11.3 Å². The van der Waals surface area contributed by atoms with Gasteiger partial charge in [0, 0.05) is 28.1 Å². The van der Waals surface area contributed by atoms with Gasteiger partial charge in [-0.3, -0.25) is 14.9 Å². The second kappa shape index (κ2) is 8.59. The fourth-order valence-corrected chi connectivity index (χ4v) is 3.73. The van der Waals surface area contributed by atoms with E-state index in [1.54, 1.807) is 42.5 Å². The first-order valence-corrected chi connectivity index (χ1v) is 10.4. The average Bonchev–Trinajstić information content (AvgIpc) is 3.48. The first-order chi connectivity index (χ1) is 14.5. The molecule has 7 heteroatoms. The van der Waals surface area contributed by atoms with Crippen molar-refractivity contribution >= 4 is 34.4 Å². The van der Waals surface area contributed by atoms with Gasteiger partial charge in [-0.2, -0.15) is 0 Å². The molecule has 30 heavy (non-hydrogen) atoms. The number of anilines is 1. The number of hydrogen-bond acceptors (Lipinski definition) is 4. The van der Waals surface area contributed by atoms with Crippen molar-refractivity contribution in [3.05, 3.63) is 76.4 Å². The fourth-order valence-electron chi connectivity index (χ4n) is 2.89. The SMILES string of the molecule is Cc1sc(NC(=O)/C=C/c2ccc(C(=O)NC3CC3)cc2)nc1-c1ccc(F)cc1. The van der Waals surface area contributed by atoms with Crippen molar-refractivity contribution in [2.24, 2.45) is 0 Å². The van der Waals surface area contributed by atoms with Crippen molar-refractivity contribution in [2.45, 2.75) is 25.8 Å². The van der Waals surface area contributed by atoms with E-state index in [4.69, 9.17) is 0 Å². The minimum atomic E-state index is -0.304. The molecule has 1 fully saturated rings. The van der Waals surface area contributed by atoms with Crippen LogP contribution < -0.4 is 10.6 Å². The van der Waals surface area contributed by atoms with Gasteiger partial charge in [0.1, 0.15) is 5.82 Å². The zero-order valence-corrected chi connectivity index (χ0v) is 17.1. The summed E-state index contributed by atoms with van der Waals surface area (Å²) < 4.78 is 13.1. The molecule has 2 amide bonds. The number of hydrogen-bond donors (Lipinski definition) is 2. The number of amides is 2. The second-order valence-electron chi connectivity index (χ2n) is 7.12. The Morgan fingerprint density at radius 2 is 1.80 bits per heavy atom. The summed E-state index contributed by atoms with van der Waals surface area (Å²) in [6, 6.07) is 13.5. The second-order valence-corrected chi connectivity index (χ2v) is 8.33. The highest BCUT2D eigenvalue weighted by Crippen LogP contribution is 2.30. The molecular formula is C23H20FN3O2S. The maximum Gasteiger partial charge on any atom is 0.251 e. The maximum absolute atomic E-state index is 13.1. The van der Waals surface area contributed by atoms with E-state index in [2.05, 4.69) is 15.6 Å². The molecule has 5 nitrogen and oxygen atoms in total. The lowest BCUT2D eigenvalue weighted by atomic mass is 10.1. The van der Waals surface area contributed by atoms with Crippen molar-refractivity contribution in [2.75, 3.05) is 5.32 Å². The quantitative estimate of drug-likeness (QED) is 0.562. The highest BCUT2D eigenvalue weighted by Gasteiger charge is 2.23. The van der Waals surface area contributed by atoms with E-state index in [9.17, 15) is 14.0 Å². The number of aryl methyl sites for hydroxylation is 1. The van der Waals surface area contributed by atoms with Crippen molar-refractivity contribution in [3.63, 3.8) is 0 Å². The third-order valence-corrected chi connectivity index (χ3v) is 5.54. The number of halogens is 1. The zero-order chi connectivity index (χ0) is 21.1. The van der Waals surface area contributed by atoms with Gasteiger partial charge in [0.15, 0.2) is 5.13 Å². The Morgan fingerprint density at radius 3 is 2.47 bits per heavy atom. The van der Waals surface area contributed by atoms with E-state index in [1.807, 2.05) is 6.92 Å². The Bertz CT molecular complexity index is 1100. The third kappa shape index (κ3) is 4.99. The number of nitrogens with one attached hydrogen (secondary N) is 2. The molecule has 0 bridgehead atoms. The normalized spacial score (nSPS) is 13.4. The minimum absolute atomic E-state index is 0.0677. The van der Waals surface area contributed by atoms with Gasteiger partial charge in [-0.25, -0.2) is 9.37 Å². The van der Waals surface area contributed by atoms with Crippen molar-refractivity contribution in [1.29, 1.82) is 0 Å². The lowest BCUT2D eigenvalue weighted by Gasteiger charge is -2.03. The Morgan fingerprint density at radius 1 is 1.10 bits per heavy atom. The monoisotopic (exact) mass is 421 g/mol. The molecule has 1 heterocycles. The van der Waals surface area contributed by atoms with Crippen LogP contribution in [-0.2, 0) is 4.79 Å². The molecule has 0 aliphatic heterocycles. The first kappa shape index (κ1) is 20.0. The molecule has 1 saturated carbocycles. The van der Waals surface area contributed by atoms with Gasteiger partial charge in [0.2, 0.25) is 5.91 Å². The summed E-state index contributed by atoms with van der Waals surface area (Å²) in [5, 5.41) is 6.18. The molecule has 1 aromatic heterocycles. The summed E-state index contributed by atoms with van der Waals surface area (Å²) >= 11 is 1.36. The van der Waals surface area contributed by atoms with E-state index >= 15 is 0 Å². The Balaban J connectivity index is 1.37. The molecular weight excluding hydrogens is 401 g/mol. The van der Waals surface area contributed by atoms with Crippen LogP contribution in [0.4, 0.5) is 9.52 Å².